The number of hydrogen-bond acceptors (Lipinski definition) is 4. The minimum absolute atomic E-state index is 0.0124. The lowest BCUT2D eigenvalue weighted by Gasteiger charge is -2.34. The Bertz CT molecular complexity index is 1420. The number of ketones is 1. The van der Waals surface area contributed by atoms with Crippen molar-refractivity contribution in [3.63, 3.8) is 0 Å². The van der Waals surface area contributed by atoms with Gasteiger partial charge < -0.3 is 4.74 Å². The molecule has 0 unspecified atom stereocenters. The lowest BCUT2D eigenvalue weighted by atomic mass is 9.66. The van der Waals surface area contributed by atoms with E-state index in [4.69, 9.17) is 16.3 Å². The van der Waals surface area contributed by atoms with Gasteiger partial charge in [-0.3, -0.25) is 9.59 Å². The zero-order chi connectivity index (χ0) is 27.1. The van der Waals surface area contributed by atoms with E-state index in [1.807, 2.05) is 66.7 Å². The number of amides is 2. The number of allylic oxidation sites excluding steroid dienone is 1. The minimum Gasteiger partial charge on any atom is -0.443 e. The second-order valence-electron chi connectivity index (χ2n) is 11.0. The van der Waals surface area contributed by atoms with Gasteiger partial charge in [-0.25, -0.2) is 9.69 Å². The molecule has 0 bridgehead atoms. The molecule has 1 aliphatic carbocycles. The molecular formula is C32H30ClNO4. The summed E-state index contributed by atoms with van der Waals surface area (Å²) in [6, 6.07) is 24.5. The van der Waals surface area contributed by atoms with Crippen LogP contribution in [-0.4, -0.2) is 23.4 Å². The summed E-state index contributed by atoms with van der Waals surface area (Å²) < 4.78 is 5.66. The zero-order valence-corrected chi connectivity index (χ0v) is 22.5. The van der Waals surface area contributed by atoms with E-state index in [1.54, 1.807) is 39.0 Å². The normalized spacial score (nSPS) is 22.2. The summed E-state index contributed by atoms with van der Waals surface area (Å²) in [5.74, 6) is -0.657. The van der Waals surface area contributed by atoms with Crippen molar-refractivity contribution in [3.8, 4) is 0 Å². The number of para-hydroxylation sites is 1. The van der Waals surface area contributed by atoms with Gasteiger partial charge in [0.2, 0.25) is 5.91 Å². The highest BCUT2D eigenvalue weighted by atomic mass is 35.5. The molecule has 0 saturated heterocycles. The molecule has 0 N–H and O–H groups in total. The molecule has 1 fully saturated rings. The lowest BCUT2D eigenvalue weighted by molar-refractivity contribution is -0.125. The molecule has 1 heterocycles. The number of fused-ring (bicyclic) bond motifs is 1. The van der Waals surface area contributed by atoms with E-state index in [-0.39, 0.29) is 24.0 Å². The van der Waals surface area contributed by atoms with E-state index in [9.17, 15) is 14.4 Å². The molecule has 38 heavy (non-hydrogen) atoms. The molecule has 5 nitrogen and oxygen atoms in total. The van der Waals surface area contributed by atoms with Gasteiger partial charge in [-0.2, -0.15) is 0 Å². The Morgan fingerprint density at radius 2 is 1.63 bits per heavy atom. The van der Waals surface area contributed by atoms with Crippen molar-refractivity contribution in [1.82, 2.24) is 0 Å². The molecular weight excluding hydrogens is 498 g/mol. The number of anilines is 1. The summed E-state index contributed by atoms with van der Waals surface area (Å²) in [4.78, 5) is 42.4. The SMILES string of the molecule is CC(C)(C)OC(=O)N1C(=O)[C@@](Cc2ccccc2)([C@H]2CC(=O)/C(=C/c3ccc(Cl)cc3)C2)c2ccccc21. The van der Waals surface area contributed by atoms with Gasteiger partial charge in [0.15, 0.2) is 5.78 Å². The van der Waals surface area contributed by atoms with Gasteiger partial charge in [0.25, 0.3) is 0 Å². The van der Waals surface area contributed by atoms with Crippen LogP contribution >= 0.6 is 11.6 Å². The number of rotatable bonds is 4. The van der Waals surface area contributed by atoms with Gasteiger partial charge in [-0.1, -0.05) is 72.3 Å². The number of Topliss-reactive ketones (excluding diaryl/α,β-unsaturated/α-hetero) is 1. The summed E-state index contributed by atoms with van der Waals surface area (Å²) in [6.45, 7) is 5.33. The van der Waals surface area contributed by atoms with E-state index in [0.29, 0.717) is 29.1 Å². The van der Waals surface area contributed by atoms with Crippen molar-refractivity contribution in [2.75, 3.05) is 4.90 Å². The molecule has 2 amide bonds. The monoisotopic (exact) mass is 527 g/mol. The highest BCUT2D eigenvalue weighted by Crippen LogP contribution is 2.53. The first-order valence-electron chi connectivity index (χ1n) is 12.8. The highest BCUT2D eigenvalue weighted by molar-refractivity contribution is 6.30. The largest absolute Gasteiger partial charge is 0.443 e. The molecule has 2 atom stereocenters. The van der Waals surface area contributed by atoms with E-state index in [1.165, 1.54) is 4.90 Å². The Morgan fingerprint density at radius 3 is 2.32 bits per heavy atom. The third-order valence-electron chi connectivity index (χ3n) is 7.28. The number of halogens is 1. The topological polar surface area (TPSA) is 63.7 Å². The van der Waals surface area contributed by atoms with Crippen LogP contribution in [0.3, 0.4) is 0 Å². The quantitative estimate of drug-likeness (QED) is 0.337. The number of carbonyl (C=O) groups is 3. The number of carbonyl (C=O) groups excluding carboxylic acids is 3. The van der Waals surface area contributed by atoms with Gasteiger partial charge in [0.1, 0.15) is 5.60 Å². The number of ether oxygens (including phenoxy) is 1. The third-order valence-corrected chi connectivity index (χ3v) is 7.53. The number of nitrogens with zero attached hydrogens (tertiary/aromatic N) is 1. The van der Waals surface area contributed by atoms with Crippen LogP contribution in [0.5, 0.6) is 0 Å². The number of hydrogen-bond donors (Lipinski definition) is 0. The van der Waals surface area contributed by atoms with Gasteiger partial charge in [-0.15, -0.1) is 0 Å². The zero-order valence-electron chi connectivity index (χ0n) is 21.7. The first-order valence-corrected chi connectivity index (χ1v) is 13.2. The smallest absolute Gasteiger partial charge is 0.421 e. The average molecular weight is 528 g/mol. The lowest BCUT2D eigenvalue weighted by Crippen LogP contribution is -2.49. The van der Waals surface area contributed by atoms with E-state index in [2.05, 4.69) is 0 Å². The van der Waals surface area contributed by atoms with Crippen molar-refractivity contribution in [1.29, 1.82) is 0 Å². The molecule has 2 aliphatic rings. The van der Waals surface area contributed by atoms with Crippen LogP contribution in [0.25, 0.3) is 6.08 Å². The number of imide groups is 1. The van der Waals surface area contributed by atoms with Crippen LogP contribution in [0, 0.1) is 5.92 Å². The van der Waals surface area contributed by atoms with Gasteiger partial charge in [-0.05, 0) is 86.1 Å². The summed E-state index contributed by atoms with van der Waals surface area (Å²) >= 11 is 6.04. The van der Waals surface area contributed by atoms with E-state index >= 15 is 0 Å². The Hall–Kier alpha value is -3.70. The van der Waals surface area contributed by atoms with Gasteiger partial charge in [0.05, 0.1) is 11.1 Å². The van der Waals surface area contributed by atoms with Crippen molar-refractivity contribution in [2.24, 2.45) is 5.92 Å². The molecule has 194 valence electrons. The first kappa shape index (κ1) is 25.9. The van der Waals surface area contributed by atoms with Gasteiger partial charge in [0, 0.05) is 11.4 Å². The predicted octanol–water partition coefficient (Wildman–Crippen LogP) is 7.16. The van der Waals surface area contributed by atoms with Crippen molar-refractivity contribution in [2.45, 2.75) is 51.0 Å². The van der Waals surface area contributed by atoms with Crippen LogP contribution in [-0.2, 0) is 26.2 Å². The second-order valence-corrected chi connectivity index (χ2v) is 11.5. The Labute approximate surface area is 228 Å². The molecule has 5 rings (SSSR count). The van der Waals surface area contributed by atoms with Crippen LogP contribution in [0.4, 0.5) is 10.5 Å². The summed E-state index contributed by atoms with van der Waals surface area (Å²) in [6.07, 6.45) is 2.19. The van der Waals surface area contributed by atoms with Crippen molar-refractivity contribution < 1.29 is 19.1 Å². The maximum Gasteiger partial charge on any atom is 0.421 e. The van der Waals surface area contributed by atoms with Crippen molar-refractivity contribution >= 4 is 41.1 Å². The summed E-state index contributed by atoms with van der Waals surface area (Å²) in [7, 11) is 0. The van der Waals surface area contributed by atoms with Gasteiger partial charge >= 0.3 is 6.09 Å². The van der Waals surface area contributed by atoms with Crippen molar-refractivity contribution in [3.05, 3.63) is 106 Å². The standard InChI is InChI=1S/C32H30ClNO4/c1-31(2,3)38-30(37)34-27-12-8-7-11-26(27)32(29(34)36,20-22-9-5-4-6-10-22)24-18-23(28(35)19-24)17-21-13-15-25(33)16-14-21/h4-17,24H,18-20H2,1-3H3/b23-17+/t24-,32+/m1/s1. The van der Waals surface area contributed by atoms with Crippen LogP contribution in [0.1, 0.15) is 50.3 Å². The Balaban J connectivity index is 1.61. The Morgan fingerprint density at radius 1 is 0.974 bits per heavy atom. The van der Waals surface area contributed by atoms with Crippen LogP contribution in [0.2, 0.25) is 5.02 Å². The Kier molecular flexibility index (Phi) is 6.74. The fraction of sp³-hybridized carbons (Fsp3) is 0.281. The fourth-order valence-corrected chi connectivity index (χ4v) is 5.77. The predicted molar refractivity (Wildman–Crippen MR) is 149 cm³/mol. The van der Waals surface area contributed by atoms with E-state index in [0.717, 1.165) is 16.7 Å². The van der Waals surface area contributed by atoms with Crippen LogP contribution < -0.4 is 4.90 Å². The maximum atomic E-state index is 14.5. The van der Waals surface area contributed by atoms with Crippen LogP contribution in [0.15, 0.2) is 84.4 Å². The minimum atomic E-state index is -1.10. The second kappa shape index (κ2) is 9.88. The molecule has 1 saturated carbocycles. The average Bonchev–Trinajstić information content (AvgIpc) is 3.35. The third kappa shape index (κ3) is 4.79. The number of benzene rings is 3. The maximum absolute atomic E-state index is 14.5. The first-order chi connectivity index (χ1) is 18.1. The molecule has 3 aromatic rings. The molecule has 3 aromatic carbocycles. The molecule has 0 spiro atoms. The molecule has 1 aliphatic heterocycles. The summed E-state index contributed by atoms with van der Waals surface area (Å²) in [5, 5.41) is 0.625. The summed E-state index contributed by atoms with van der Waals surface area (Å²) in [5.41, 5.74) is 1.92. The fourth-order valence-electron chi connectivity index (χ4n) is 5.64. The molecule has 0 radical (unpaired) electrons. The molecule has 6 heteroatoms. The molecule has 0 aromatic heterocycles. The highest BCUT2D eigenvalue weighted by Gasteiger charge is 2.59. The van der Waals surface area contributed by atoms with E-state index < -0.39 is 17.1 Å².